The zero-order chi connectivity index (χ0) is 21.8. The molecule has 0 saturated heterocycles. The lowest BCUT2D eigenvalue weighted by atomic mass is 10.1. The van der Waals surface area contributed by atoms with Crippen LogP contribution >= 0.6 is 15.9 Å². The summed E-state index contributed by atoms with van der Waals surface area (Å²) in [5.74, 6) is -0.652. The van der Waals surface area contributed by atoms with Crippen LogP contribution in [0, 0.1) is 20.8 Å². The van der Waals surface area contributed by atoms with Crippen molar-refractivity contribution < 1.29 is 14.3 Å². The molecule has 30 heavy (non-hydrogen) atoms. The Bertz CT molecular complexity index is 1150. The summed E-state index contributed by atoms with van der Waals surface area (Å²) in [5, 5.41) is 4.12. The van der Waals surface area contributed by atoms with Crippen LogP contribution in [0.1, 0.15) is 43.2 Å². The van der Waals surface area contributed by atoms with Crippen molar-refractivity contribution in [2.24, 2.45) is 5.10 Å². The fourth-order valence-electron chi connectivity index (χ4n) is 3.31. The van der Waals surface area contributed by atoms with Gasteiger partial charge in [-0.3, -0.25) is 4.79 Å². The van der Waals surface area contributed by atoms with E-state index in [9.17, 15) is 9.59 Å². The molecule has 3 rings (SSSR count). The van der Waals surface area contributed by atoms with E-state index in [0.29, 0.717) is 15.6 Å². The third-order valence-electron chi connectivity index (χ3n) is 4.82. The summed E-state index contributed by atoms with van der Waals surface area (Å²) in [7, 11) is 1.37. The van der Waals surface area contributed by atoms with Crippen LogP contribution in [0.5, 0.6) is 0 Å². The molecule has 1 N–H and O–H groups in total. The summed E-state index contributed by atoms with van der Waals surface area (Å²) in [6.45, 7) is 5.93. The fraction of sp³-hybridized carbons (Fsp3) is 0.174. The molecule has 1 aromatic heterocycles. The van der Waals surface area contributed by atoms with E-state index in [4.69, 9.17) is 4.74 Å². The first-order chi connectivity index (χ1) is 14.3. The molecule has 0 aliphatic carbocycles. The maximum Gasteiger partial charge on any atom is 0.337 e. The van der Waals surface area contributed by atoms with Gasteiger partial charge in [0.2, 0.25) is 0 Å². The van der Waals surface area contributed by atoms with Gasteiger partial charge in [0.05, 0.1) is 24.5 Å². The Morgan fingerprint density at radius 3 is 2.50 bits per heavy atom. The molecule has 0 aliphatic rings. The molecule has 0 unspecified atom stereocenters. The number of halogens is 1. The van der Waals surface area contributed by atoms with Crippen molar-refractivity contribution in [2.75, 3.05) is 7.11 Å². The number of aryl methyl sites for hydroxylation is 2. The molecule has 0 fully saturated rings. The predicted octanol–water partition coefficient (Wildman–Crippen LogP) is 4.72. The number of carbonyl (C=O) groups excluding carboxylic acids is 2. The van der Waals surface area contributed by atoms with Crippen LogP contribution in [0.25, 0.3) is 5.69 Å². The number of carbonyl (C=O) groups is 2. The van der Waals surface area contributed by atoms with Gasteiger partial charge in [-0.05, 0) is 78.7 Å². The first-order valence-corrected chi connectivity index (χ1v) is 10.1. The minimum Gasteiger partial charge on any atom is -0.465 e. The van der Waals surface area contributed by atoms with Gasteiger partial charge in [-0.2, -0.15) is 5.10 Å². The molecule has 0 atom stereocenters. The summed E-state index contributed by atoms with van der Waals surface area (Å²) in [4.78, 5) is 24.1. The molecule has 3 aromatic rings. The summed E-state index contributed by atoms with van der Waals surface area (Å²) < 4.78 is 7.59. The quantitative estimate of drug-likeness (QED) is 0.335. The molecule has 1 heterocycles. The molecule has 1 amide bonds. The van der Waals surface area contributed by atoms with E-state index in [1.54, 1.807) is 30.5 Å². The van der Waals surface area contributed by atoms with Crippen LogP contribution in [0.4, 0.5) is 0 Å². The van der Waals surface area contributed by atoms with Gasteiger partial charge in [0.15, 0.2) is 0 Å². The largest absolute Gasteiger partial charge is 0.465 e. The Balaban J connectivity index is 1.84. The molecule has 0 saturated carbocycles. The molecule has 0 spiro atoms. The van der Waals surface area contributed by atoms with Gasteiger partial charge >= 0.3 is 5.97 Å². The van der Waals surface area contributed by atoms with Crippen molar-refractivity contribution >= 4 is 34.0 Å². The average Bonchev–Trinajstić information content (AvgIpc) is 3.01. The van der Waals surface area contributed by atoms with Gasteiger partial charge in [0.1, 0.15) is 0 Å². The maximum atomic E-state index is 12.3. The van der Waals surface area contributed by atoms with Crippen LogP contribution in [0.15, 0.2) is 58.1 Å². The van der Waals surface area contributed by atoms with Crippen molar-refractivity contribution in [2.45, 2.75) is 20.8 Å². The average molecular weight is 468 g/mol. The smallest absolute Gasteiger partial charge is 0.337 e. The summed E-state index contributed by atoms with van der Waals surface area (Å²) in [5.41, 5.74) is 8.38. The Kier molecular flexibility index (Phi) is 6.52. The van der Waals surface area contributed by atoms with Gasteiger partial charge in [0.25, 0.3) is 5.91 Å². The number of hydrazone groups is 1. The van der Waals surface area contributed by atoms with Gasteiger partial charge in [-0.25, -0.2) is 10.2 Å². The van der Waals surface area contributed by atoms with Crippen LogP contribution in [-0.2, 0) is 4.74 Å². The molecule has 7 heteroatoms. The number of hydrogen-bond donors (Lipinski definition) is 1. The van der Waals surface area contributed by atoms with E-state index in [1.807, 2.05) is 45.0 Å². The van der Waals surface area contributed by atoms with Crippen molar-refractivity contribution in [3.8, 4) is 5.69 Å². The van der Waals surface area contributed by atoms with Crippen LogP contribution in [-0.4, -0.2) is 29.8 Å². The number of esters is 1. The molecular formula is C23H22BrN3O3. The molecule has 0 bridgehead atoms. The maximum absolute atomic E-state index is 12.3. The zero-order valence-electron chi connectivity index (χ0n) is 17.2. The Labute approximate surface area is 183 Å². The number of ether oxygens (including phenoxy) is 1. The minimum atomic E-state index is -0.362. The molecule has 0 radical (unpaired) electrons. The minimum absolute atomic E-state index is 0.290. The summed E-state index contributed by atoms with van der Waals surface area (Å²) in [6.07, 6.45) is 1.63. The Morgan fingerprint density at radius 2 is 1.83 bits per heavy atom. The summed E-state index contributed by atoms with van der Waals surface area (Å²) >= 11 is 3.36. The highest BCUT2D eigenvalue weighted by Gasteiger charge is 2.14. The third-order valence-corrected chi connectivity index (χ3v) is 5.51. The van der Waals surface area contributed by atoms with E-state index < -0.39 is 0 Å². The number of amides is 1. The number of rotatable bonds is 5. The second-order valence-electron chi connectivity index (χ2n) is 6.83. The number of nitrogens with one attached hydrogen (secondary N) is 1. The molecule has 2 aromatic carbocycles. The highest BCUT2D eigenvalue weighted by Crippen LogP contribution is 2.24. The first-order valence-electron chi connectivity index (χ1n) is 9.29. The first kappa shape index (κ1) is 21.5. The molecule has 6 nitrogen and oxygen atoms in total. The van der Waals surface area contributed by atoms with Crippen LogP contribution < -0.4 is 5.43 Å². The van der Waals surface area contributed by atoms with Gasteiger partial charge in [-0.15, -0.1) is 0 Å². The third kappa shape index (κ3) is 4.36. The second-order valence-corrected chi connectivity index (χ2v) is 7.69. The van der Waals surface area contributed by atoms with Crippen LogP contribution in [0.2, 0.25) is 0 Å². The number of aromatic nitrogens is 1. The number of hydrogen-bond acceptors (Lipinski definition) is 4. The number of methoxy groups -OCH3 is 1. The fourth-order valence-corrected chi connectivity index (χ4v) is 3.77. The van der Waals surface area contributed by atoms with Crippen molar-refractivity contribution in [3.05, 3.63) is 86.6 Å². The van der Waals surface area contributed by atoms with E-state index in [0.717, 1.165) is 28.2 Å². The van der Waals surface area contributed by atoms with E-state index in [-0.39, 0.29) is 11.9 Å². The van der Waals surface area contributed by atoms with Crippen LogP contribution in [0.3, 0.4) is 0 Å². The van der Waals surface area contributed by atoms with Gasteiger partial charge in [0, 0.05) is 27.1 Å². The highest BCUT2D eigenvalue weighted by molar-refractivity contribution is 9.10. The highest BCUT2D eigenvalue weighted by atomic mass is 79.9. The number of benzene rings is 2. The Hall–Kier alpha value is -3.19. The topological polar surface area (TPSA) is 72.7 Å². The van der Waals surface area contributed by atoms with E-state index in [2.05, 4.69) is 31.0 Å². The van der Waals surface area contributed by atoms with Crippen molar-refractivity contribution in [3.63, 3.8) is 0 Å². The van der Waals surface area contributed by atoms with Gasteiger partial charge in [-0.1, -0.05) is 12.1 Å². The van der Waals surface area contributed by atoms with Crippen molar-refractivity contribution in [1.82, 2.24) is 9.99 Å². The predicted molar refractivity (Wildman–Crippen MR) is 121 cm³/mol. The van der Waals surface area contributed by atoms with Crippen molar-refractivity contribution in [1.29, 1.82) is 0 Å². The molecule has 154 valence electrons. The monoisotopic (exact) mass is 467 g/mol. The van der Waals surface area contributed by atoms with Gasteiger partial charge < -0.3 is 9.30 Å². The number of nitrogens with zero attached hydrogens (tertiary/aromatic N) is 2. The second kappa shape index (κ2) is 9.09. The standard InChI is InChI=1S/C23H22BrN3O3/c1-14-11-17(23(29)30-4)9-10-21(14)27-15(2)12-18(16(27)3)13-25-26-22(28)19-7-5-6-8-20(19)24/h5-13H,1-4H3,(H,26,28)/b25-13-. The van der Waals surface area contributed by atoms with E-state index >= 15 is 0 Å². The lowest BCUT2D eigenvalue weighted by molar-refractivity contribution is 0.0600. The summed E-state index contributed by atoms with van der Waals surface area (Å²) in [6, 6.07) is 14.6. The lowest BCUT2D eigenvalue weighted by Gasteiger charge is -2.13. The molecular weight excluding hydrogens is 446 g/mol. The van der Waals surface area contributed by atoms with E-state index in [1.165, 1.54) is 7.11 Å². The Morgan fingerprint density at radius 1 is 1.10 bits per heavy atom. The zero-order valence-corrected chi connectivity index (χ0v) is 18.8. The normalized spacial score (nSPS) is 11.0. The lowest BCUT2D eigenvalue weighted by Crippen LogP contribution is -2.18. The molecule has 0 aliphatic heterocycles. The SMILES string of the molecule is COC(=O)c1ccc(-n2c(C)cc(/C=N\NC(=O)c3ccccc3Br)c2C)c(C)c1.